The number of nitrogens with two attached hydrogens (primary N) is 1. The molecule has 0 spiro atoms. The second-order valence-electron chi connectivity index (χ2n) is 3.84. The zero-order valence-electron chi connectivity index (χ0n) is 10.6. The molecule has 0 aliphatic rings. The Labute approximate surface area is 109 Å². The van der Waals surface area contributed by atoms with Crippen molar-refractivity contribution in [3.63, 3.8) is 0 Å². The Morgan fingerprint density at radius 3 is 2.84 bits per heavy atom. The summed E-state index contributed by atoms with van der Waals surface area (Å²) in [6, 6.07) is 4.79. The first-order valence-corrected chi connectivity index (χ1v) is 5.76. The third-order valence-corrected chi connectivity index (χ3v) is 2.27. The molecule has 2 aromatic rings. The molecule has 0 bridgehead atoms. The minimum Gasteiger partial charge on any atom is -0.464 e. The van der Waals surface area contributed by atoms with E-state index < -0.39 is 5.82 Å². The van der Waals surface area contributed by atoms with Gasteiger partial charge in [0, 0.05) is 0 Å². The third kappa shape index (κ3) is 3.27. The molecular weight excluding hydrogens is 249 g/mol. The molecule has 0 fully saturated rings. The number of nitrogen functional groups attached to an aromatic ring is 1. The Kier molecular flexibility index (Phi) is 3.74. The van der Waals surface area contributed by atoms with Crippen molar-refractivity contribution in [2.24, 2.45) is 0 Å². The number of aromatic nitrogens is 3. The highest BCUT2D eigenvalue weighted by atomic mass is 19.1. The average molecular weight is 263 g/mol. The molecule has 1 heterocycles. The molecule has 0 atom stereocenters. The van der Waals surface area contributed by atoms with E-state index in [1.165, 1.54) is 6.07 Å². The van der Waals surface area contributed by atoms with Crippen molar-refractivity contribution in [2.45, 2.75) is 13.8 Å². The number of benzene rings is 1. The Hall–Kier alpha value is -2.44. The fourth-order valence-electron chi connectivity index (χ4n) is 1.48. The van der Waals surface area contributed by atoms with E-state index in [0.717, 1.165) is 5.56 Å². The molecule has 0 aliphatic heterocycles. The second kappa shape index (κ2) is 5.47. The van der Waals surface area contributed by atoms with Crippen molar-refractivity contribution in [1.82, 2.24) is 15.0 Å². The molecule has 0 saturated heterocycles. The first-order chi connectivity index (χ1) is 9.08. The van der Waals surface area contributed by atoms with Gasteiger partial charge in [-0.25, -0.2) is 4.39 Å². The van der Waals surface area contributed by atoms with Gasteiger partial charge in [-0.05, 0) is 31.5 Å². The van der Waals surface area contributed by atoms with Gasteiger partial charge in [0.15, 0.2) is 0 Å². The topological polar surface area (TPSA) is 86.0 Å². The number of aryl methyl sites for hydroxylation is 1. The van der Waals surface area contributed by atoms with Crippen LogP contribution >= 0.6 is 0 Å². The maximum atomic E-state index is 13.6. The standard InChI is InChI=1S/C12H14FN5O/c1-3-19-12-17-10(14)16-11(18-12)15-9-6-7(2)4-5-8(9)13/h4-6H,3H2,1-2H3,(H3,14,15,16,17,18). The lowest BCUT2D eigenvalue weighted by molar-refractivity contribution is 0.312. The summed E-state index contributed by atoms with van der Waals surface area (Å²) in [4.78, 5) is 11.7. The monoisotopic (exact) mass is 263 g/mol. The summed E-state index contributed by atoms with van der Waals surface area (Å²) in [5, 5.41) is 2.76. The Morgan fingerprint density at radius 1 is 1.32 bits per heavy atom. The van der Waals surface area contributed by atoms with Crippen LogP contribution in [-0.2, 0) is 0 Å². The predicted molar refractivity (Wildman–Crippen MR) is 69.8 cm³/mol. The summed E-state index contributed by atoms with van der Waals surface area (Å²) in [7, 11) is 0. The van der Waals surface area contributed by atoms with Gasteiger partial charge in [0.05, 0.1) is 12.3 Å². The highest BCUT2D eigenvalue weighted by molar-refractivity contribution is 5.56. The molecular formula is C12H14FN5O. The van der Waals surface area contributed by atoms with Crippen LogP contribution in [0.15, 0.2) is 18.2 Å². The normalized spacial score (nSPS) is 10.3. The molecule has 100 valence electrons. The maximum Gasteiger partial charge on any atom is 0.323 e. The number of hydrogen-bond donors (Lipinski definition) is 2. The van der Waals surface area contributed by atoms with Crippen molar-refractivity contribution >= 4 is 17.6 Å². The lowest BCUT2D eigenvalue weighted by Crippen LogP contribution is -2.07. The van der Waals surface area contributed by atoms with E-state index in [1.54, 1.807) is 19.1 Å². The fraction of sp³-hybridized carbons (Fsp3) is 0.250. The van der Waals surface area contributed by atoms with Crippen molar-refractivity contribution in [3.05, 3.63) is 29.6 Å². The number of nitrogens with one attached hydrogen (secondary N) is 1. The summed E-state index contributed by atoms with van der Waals surface area (Å²) < 4.78 is 18.8. The number of rotatable bonds is 4. The second-order valence-corrected chi connectivity index (χ2v) is 3.84. The van der Waals surface area contributed by atoms with Crippen LogP contribution in [-0.4, -0.2) is 21.6 Å². The highest BCUT2D eigenvalue weighted by Gasteiger charge is 2.08. The molecule has 7 heteroatoms. The van der Waals surface area contributed by atoms with E-state index in [0.29, 0.717) is 6.61 Å². The third-order valence-electron chi connectivity index (χ3n) is 2.27. The first kappa shape index (κ1) is 13.0. The smallest absolute Gasteiger partial charge is 0.323 e. The number of ether oxygens (including phenoxy) is 1. The SMILES string of the molecule is CCOc1nc(N)nc(Nc2cc(C)ccc2F)n1. The molecule has 3 N–H and O–H groups in total. The van der Waals surface area contributed by atoms with E-state index in [2.05, 4.69) is 20.3 Å². The van der Waals surface area contributed by atoms with E-state index in [1.807, 2.05) is 6.92 Å². The number of anilines is 3. The minimum absolute atomic E-state index is 0.00834. The van der Waals surface area contributed by atoms with Crippen molar-refractivity contribution < 1.29 is 9.13 Å². The van der Waals surface area contributed by atoms with Gasteiger partial charge in [0.1, 0.15) is 5.82 Å². The van der Waals surface area contributed by atoms with Crippen molar-refractivity contribution in [1.29, 1.82) is 0 Å². The molecule has 1 aromatic heterocycles. The van der Waals surface area contributed by atoms with Gasteiger partial charge >= 0.3 is 6.01 Å². The van der Waals surface area contributed by atoms with Crippen LogP contribution in [0.4, 0.5) is 22.0 Å². The van der Waals surface area contributed by atoms with Gasteiger partial charge in [0.25, 0.3) is 0 Å². The molecule has 0 amide bonds. The molecule has 1 aromatic carbocycles. The van der Waals surface area contributed by atoms with E-state index in [4.69, 9.17) is 10.5 Å². The summed E-state index contributed by atoms with van der Waals surface area (Å²) >= 11 is 0. The number of hydrogen-bond acceptors (Lipinski definition) is 6. The maximum absolute atomic E-state index is 13.6. The zero-order valence-corrected chi connectivity index (χ0v) is 10.6. The van der Waals surface area contributed by atoms with Crippen LogP contribution in [0.3, 0.4) is 0 Å². The number of nitrogens with zero attached hydrogens (tertiary/aromatic N) is 3. The Balaban J connectivity index is 2.29. The summed E-state index contributed by atoms with van der Waals surface area (Å²) in [5.74, 6) is -0.253. The quantitative estimate of drug-likeness (QED) is 0.878. The average Bonchev–Trinajstić information content (AvgIpc) is 2.33. The minimum atomic E-state index is -0.400. The van der Waals surface area contributed by atoms with E-state index >= 15 is 0 Å². The summed E-state index contributed by atoms with van der Waals surface area (Å²) in [6.07, 6.45) is 0. The van der Waals surface area contributed by atoms with Crippen LogP contribution in [0.2, 0.25) is 0 Å². The number of halogens is 1. The lowest BCUT2D eigenvalue weighted by Gasteiger charge is -2.08. The van der Waals surface area contributed by atoms with Crippen molar-refractivity contribution in [2.75, 3.05) is 17.7 Å². The van der Waals surface area contributed by atoms with Gasteiger partial charge in [-0.1, -0.05) is 6.07 Å². The first-order valence-electron chi connectivity index (χ1n) is 5.76. The van der Waals surface area contributed by atoms with E-state index in [-0.39, 0.29) is 23.6 Å². The molecule has 0 unspecified atom stereocenters. The van der Waals surface area contributed by atoms with Crippen molar-refractivity contribution in [3.8, 4) is 6.01 Å². The van der Waals surface area contributed by atoms with Gasteiger partial charge in [-0.2, -0.15) is 15.0 Å². The van der Waals surface area contributed by atoms with Crippen LogP contribution in [0.25, 0.3) is 0 Å². The summed E-state index contributed by atoms with van der Waals surface area (Å²) in [5.41, 5.74) is 6.72. The molecule has 0 radical (unpaired) electrons. The molecule has 2 rings (SSSR count). The van der Waals surface area contributed by atoms with Gasteiger partial charge in [-0.3, -0.25) is 0 Å². The molecule has 6 nitrogen and oxygen atoms in total. The Bertz CT molecular complexity index is 590. The van der Waals surface area contributed by atoms with Crippen LogP contribution < -0.4 is 15.8 Å². The van der Waals surface area contributed by atoms with E-state index in [9.17, 15) is 4.39 Å². The van der Waals surface area contributed by atoms with Gasteiger partial charge < -0.3 is 15.8 Å². The predicted octanol–water partition coefficient (Wildman–Crippen LogP) is 2.04. The van der Waals surface area contributed by atoms with Crippen LogP contribution in [0.5, 0.6) is 6.01 Å². The molecule has 0 aliphatic carbocycles. The van der Waals surface area contributed by atoms with Crippen LogP contribution in [0.1, 0.15) is 12.5 Å². The Morgan fingerprint density at radius 2 is 2.11 bits per heavy atom. The zero-order chi connectivity index (χ0) is 13.8. The highest BCUT2D eigenvalue weighted by Crippen LogP contribution is 2.20. The molecule has 0 saturated carbocycles. The largest absolute Gasteiger partial charge is 0.464 e. The van der Waals surface area contributed by atoms with Crippen LogP contribution in [0, 0.1) is 12.7 Å². The summed E-state index contributed by atoms with van der Waals surface area (Å²) in [6.45, 7) is 4.06. The van der Waals surface area contributed by atoms with Gasteiger partial charge in [-0.15, -0.1) is 0 Å². The van der Waals surface area contributed by atoms with Gasteiger partial charge in [0.2, 0.25) is 11.9 Å². The molecule has 19 heavy (non-hydrogen) atoms. The lowest BCUT2D eigenvalue weighted by atomic mass is 10.2. The fourth-order valence-corrected chi connectivity index (χ4v) is 1.48.